The molecule has 2 rings (SSSR count). The van der Waals surface area contributed by atoms with E-state index in [9.17, 15) is 13.2 Å². The van der Waals surface area contributed by atoms with Crippen LogP contribution in [0.2, 0.25) is 0 Å². The quantitative estimate of drug-likeness (QED) is 0.750. The van der Waals surface area contributed by atoms with Gasteiger partial charge in [-0.05, 0) is 56.5 Å². The Labute approximate surface area is 137 Å². The fraction of sp³-hybridized carbons (Fsp3) is 0.625. The highest BCUT2D eigenvalue weighted by Crippen LogP contribution is 2.33. The molecular weight excluding hydrogens is 359 g/mol. The second-order valence-electron chi connectivity index (χ2n) is 5.90. The lowest BCUT2D eigenvalue weighted by atomic mass is 9.98. The number of likely N-dealkylation sites (tertiary alicyclic amines) is 1. The van der Waals surface area contributed by atoms with Crippen molar-refractivity contribution in [1.82, 2.24) is 4.90 Å². The van der Waals surface area contributed by atoms with Crippen LogP contribution < -0.4 is 4.74 Å². The molecule has 6 heteroatoms. The molecule has 1 atom stereocenters. The monoisotopic (exact) mass is 379 g/mol. The van der Waals surface area contributed by atoms with Gasteiger partial charge in [-0.25, -0.2) is 0 Å². The first kappa shape index (κ1) is 17.6. The minimum absolute atomic E-state index is 0.0885. The van der Waals surface area contributed by atoms with Crippen molar-refractivity contribution in [3.63, 3.8) is 0 Å². The number of aryl methyl sites for hydroxylation is 2. The fourth-order valence-corrected chi connectivity index (χ4v) is 3.04. The van der Waals surface area contributed by atoms with Gasteiger partial charge in [-0.15, -0.1) is 0 Å². The average molecular weight is 380 g/mol. The number of piperidine rings is 1. The molecule has 0 saturated carbocycles. The number of alkyl halides is 3. The number of ether oxygens (including phenoxy) is 1. The molecular formula is C16H21BrF3NO. The van der Waals surface area contributed by atoms with Crippen LogP contribution in [0.4, 0.5) is 13.2 Å². The van der Waals surface area contributed by atoms with E-state index in [1.807, 2.05) is 30.9 Å². The number of hydrogen-bond donors (Lipinski definition) is 0. The zero-order valence-corrected chi connectivity index (χ0v) is 14.4. The van der Waals surface area contributed by atoms with E-state index in [1.165, 1.54) is 0 Å². The molecule has 0 radical (unpaired) electrons. The van der Waals surface area contributed by atoms with Gasteiger partial charge in [-0.2, -0.15) is 13.2 Å². The molecule has 0 aliphatic carbocycles. The molecule has 0 amide bonds. The summed E-state index contributed by atoms with van der Waals surface area (Å²) in [6, 6.07) is 3.87. The molecule has 1 aromatic rings. The molecule has 2 nitrogen and oxygen atoms in total. The van der Waals surface area contributed by atoms with E-state index >= 15 is 0 Å². The maximum Gasteiger partial charge on any atom is 0.393 e. The van der Waals surface area contributed by atoms with Gasteiger partial charge in [-0.3, -0.25) is 4.90 Å². The Bertz CT molecular complexity index is 496. The third-order valence-corrected chi connectivity index (χ3v) is 5.31. The zero-order valence-electron chi connectivity index (χ0n) is 12.8. The lowest BCUT2D eigenvalue weighted by molar-refractivity contribution is -0.186. The maximum absolute atomic E-state index is 12.8. The SMILES string of the molecule is Cc1cc(OCCN2CCCC(C(F)(F)F)C2)cc(C)c1Br. The third kappa shape index (κ3) is 4.62. The molecule has 1 unspecified atom stereocenters. The van der Waals surface area contributed by atoms with Gasteiger partial charge in [-0.1, -0.05) is 15.9 Å². The summed E-state index contributed by atoms with van der Waals surface area (Å²) < 4.78 is 45.1. The van der Waals surface area contributed by atoms with E-state index in [1.54, 1.807) is 0 Å². The minimum atomic E-state index is -4.08. The molecule has 1 aliphatic heterocycles. The first-order valence-electron chi connectivity index (χ1n) is 7.46. The summed E-state index contributed by atoms with van der Waals surface area (Å²) in [5, 5.41) is 0. The van der Waals surface area contributed by atoms with Crippen molar-refractivity contribution in [2.75, 3.05) is 26.2 Å². The third-order valence-electron chi connectivity index (χ3n) is 4.05. The number of halogens is 4. The summed E-state index contributed by atoms with van der Waals surface area (Å²) in [5.41, 5.74) is 2.18. The van der Waals surface area contributed by atoms with E-state index in [2.05, 4.69) is 15.9 Å². The van der Waals surface area contributed by atoms with Crippen molar-refractivity contribution < 1.29 is 17.9 Å². The van der Waals surface area contributed by atoms with Gasteiger partial charge >= 0.3 is 6.18 Å². The normalized spacial score (nSPS) is 20.2. The van der Waals surface area contributed by atoms with E-state index in [-0.39, 0.29) is 13.0 Å². The van der Waals surface area contributed by atoms with Gasteiger partial charge < -0.3 is 4.74 Å². The minimum Gasteiger partial charge on any atom is -0.492 e. The van der Waals surface area contributed by atoms with E-state index < -0.39 is 12.1 Å². The molecule has 1 aromatic carbocycles. The summed E-state index contributed by atoms with van der Waals surface area (Å²) in [7, 11) is 0. The van der Waals surface area contributed by atoms with Crippen molar-refractivity contribution in [2.45, 2.75) is 32.9 Å². The zero-order chi connectivity index (χ0) is 16.3. The fourth-order valence-electron chi connectivity index (χ4n) is 2.81. The topological polar surface area (TPSA) is 12.5 Å². The standard InChI is InChI=1S/C16H21BrF3NO/c1-11-8-14(9-12(2)15(11)17)22-7-6-21-5-3-4-13(10-21)16(18,19)20/h8-9,13H,3-7,10H2,1-2H3. The molecule has 1 heterocycles. The Balaban J connectivity index is 1.84. The Kier molecular flexibility index (Phi) is 5.77. The molecule has 0 spiro atoms. The number of benzene rings is 1. The number of hydrogen-bond acceptors (Lipinski definition) is 2. The van der Waals surface area contributed by atoms with E-state index in [0.29, 0.717) is 26.1 Å². The van der Waals surface area contributed by atoms with E-state index in [0.717, 1.165) is 21.3 Å². The molecule has 0 N–H and O–H groups in total. The lowest BCUT2D eigenvalue weighted by Crippen LogP contribution is -2.43. The second-order valence-corrected chi connectivity index (χ2v) is 6.69. The van der Waals surface area contributed by atoms with Crippen molar-refractivity contribution >= 4 is 15.9 Å². The molecule has 1 aliphatic rings. The van der Waals surface area contributed by atoms with Crippen LogP contribution >= 0.6 is 15.9 Å². The van der Waals surface area contributed by atoms with Crippen LogP contribution in [0.3, 0.4) is 0 Å². The van der Waals surface area contributed by atoms with Crippen LogP contribution in [-0.4, -0.2) is 37.3 Å². The van der Waals surface area contributed by atoms with Crippen LogP contribution in [0.1, 0.15) is 24.0 Å². The van der Waals surface area contributed by atoms with Crippen LogP contribution in [0.5, 0.6) is 5.75 Å². The van der Waals surface area contributed by atoms with Crippen molar-refractivity contribution in [3.05, 3.63) is 27.7 Å². The molecule has 1 fully saturated rings. The Morgan fingerprint density at radius 3 is 2.50 bits per heavy atom. The highest BCUT2D eigenvalue weighted by molar-refractivity contribution is 9.10. The van der Waals surface area contributed by atoms with Gasteiger partial charge in [0.25, 0.3) is 0 Å². The lowest BCUT2D eigenvalue weighted by Gasteiger charge is -2.33. The summed E-state index contributed by atoms with van der Waals surface area (Å²) in [5.74, 6) is -0.430. The number of nitrogens with zero attached hydrogens (tertiary/aromatic N) is 1. The number of rotatable bonds is 4. The van der Waals surface area contributed by atoms with Gasteiger partial charge in [0.1, 0.15) is 12.4 Å². The predicted molar refractivity (Wildman–Crippen MR) is 84.3 cm³/mol. The second kappa shape index (κ2) is 7.21. The molecule has 0 bridgehead atoms. The van der Waals surface area contributed by atoms with Crippen LogP contribution in [-0.2, 0) is 0 Å². The predicted octanol–water partition coefficient (Wildman–Crippen LogP) is 4.72. The van der Waals surface area contributed by atoms with Crippen molar-refractivity contribution in [3.8, 4) is 5.75 Å². The van der Waals surface area contributed by atoms with Gasteiger partial charge in [0, 0.05) is 17.6 Å². The average Bonchev–Trinajstić information content (AvgIpc) is 2.44. The summed E-state index contributed by atoms with van der Waals surface area (Å²) in [4.78, 5) is 1.85. The smallest absolute Gasteiger partial charge is 0.393 e. The molecule has 124 valence electrons. The Morgan fingerprint density at radius 1 is 1.27 bits per heavy atom. The highest BCUT2D eigenvalue weighted by Gasteiger charge is 2.41. The Hall–Kier alpha value is -0.750. The first-order chi connectivity index (χ1) is 10.3. The summed E-state index contributed by atoms with van der Waals surface area (Å²) in [6.45, 7) is 5.72. The van der Waals surface area contributed by atoms with Gasteiger partial charge in [0.05, 0.1) is 5.92 Å². The highest BCUT2D eigenvalue weighted by atomic mass is 79.9. The maximum atomic E-state index is 12.8. The largest absolute Gasteiger partial charge is 0.492 e. The molecule has 1 saturated heterocycles. The first-order valence-corrected chi connectivity index (χ1v) is 8.25. The van der Waals surface area contributed by atoms with E-state index in [4.69, 9.17) is 4.74 Å². The van der Waals surface area contributed by atoms with Crippen molar-refractivity contribution in [1.29, 1.82) is 0 Å². The van der Waals surface area contributed by atoms with Crippen LogP contribution in [0.25, 0.3) is 0 Å². The molecule has 0 aromatic heterocycles. The molecule has 22 heavy (non-hydrogen) atoms. The van der Waals surface area contributed by atoms with Gasteiger partial charge in [0.2, 0.25) is 0 Å². The van der Waals surface area contributed by atoms with Gasteiger partial charge in [0.15, 0.2) is 0 Å². The summed E-state index contributed by atoms with van der Waals surface area (Å²) in [6.07, 6.45) is -3.24. The van der Waals surface area contributed by atoms with Crippen LogP contribution in [0, 0.1) is 19.8 Å². The summed E-state index contributed by atoms with van der Waals surface area (Å²) >= 11 is 3.50. The van der Waals surface area contributed by atoms with Crippen LogP contribution in [0.15, 0.2) is 16.6 Å². The Morgan fingerprint density at radius 2 is 1.91 bits per heavy atom. The van der Waals surface area contributed by atoms with Crippen molar-refractivity contribution in [2.24, 2.45) is 5.92 Å².